The molecule has 1 fully saturated rings. The summed E-state index contributed by atoms with van der Waals surface area (Å²) in [5.74, 6) is 0.0145. The summed E-state index contributed by atoms with van der Waals surface area (Å²) in [5.41, 5.74) is 1.07. The quantitative estimate of drug-likeness (QED) is 0.932. The molecule has 1 aromatic carbocycles. The van der Waals surface area contributed by atoms with Crippen LogP contribution in [0.25, 0.3) is 0 Å². The van der Waals surface area contributed by atoms with Crippen molar-refractivity contribution in [3.63, 3.8) is 0 Å². The molecule has 1 aliphatic rings. The highest BCUT2D eigenvalue weighted by Crippen LogP contribution is 2.22. The molecule has 0 aliphatic carbocycles. The lowest BCUT2D eigenvalue weighted by Gasteiger charge is -2.39. The lowest BCUT2D eigenvalue weighted by atomic mass is 9.93. The minimum absolute atomic E-state index is 0.0145. The van der Waals surface area contributed by atoms with Crippen LogP contribution in [0.15, 0.2) is 43.0 Å². The molecule has 23 heavy (non-hydrogen) atoms. The van der Waals surface area contributed by atoms with Gasteiger partial charge in [-0.3, -0.25) is 4.79 Å². The van der Waals surface area contributed by atoms with E-state index < -0.39 is 6.10 Å². The van der Waals surface area contributed by atoms with Gasteiger partial charge in [-0.2, -0.15) is 0 Å². The Morgan fingerprint density at radius 3 is 2.83 bits per heavy atom. The van der Waals surface area contributed by atoms with Gasteiger partial charge in [0.05, 0.1) is 18.5 Å². The van der Waals surface area contributed by atoms with E-state index in [0.717, 1.165) is 18.4 Å². The molecule has 2 heterocycles. The van der Waals surface area contributed by atoms with Crippen LogP contribution in [-0.4, -0.2) is 44.2 Å². The van der Waals surface area contributed by atoms with Crippen molar-refractivity contribution in [1.29, 1.82) is 0 Å². The molecule has 5 nitrogen and oxygen atoms in total. The molecule has 0 radical (unpaired) electrons. The van der Waals surface area contributed by atoms with E-state index >= 15 is 0 Å². The van der Waals surface area contributed by atoms with Crippen molar-refractivity contribution in [1.82, 2.24) is 14.5 Å². The van der Waals surface area contributed by atoms with Crippen LogP contribution in [0, 0.1) is 0 Å². The van der Waals surface area contributed by atoms with E-state index in [-0.39, 0.29) is 18.5 Å². The molecule has 122 valence electrons. The first-order valence-electron chi connectivity index (χ1n) is 7.81. The van der Waals surface area contributed by atoms with Crippen LogP contribution in [0.4, 0.5) is 0 Å². The van der Waals surface area contributed by atoms with Gasteiger partial charge in [0.15, 0.2) is 0 Å². The summed E-state index contributed by atoms with van der Waals surface area (Å²) >= 11 is 5.92. The number of nitrogens with zero attached hydrogens (tertiary/aromatic N) is 3. The van der Waals surface area contributed by atoms with Crippen molar-refractivity contribution in [2.45, 2.75) is 38.0 Å². The Kier molecular flexibility index (Phi) is 4.98. The Morgan fingerprint density at radius 2 is 2.13 bits per heavy atom. The van der Waals surface area contributed by atoms with Gasteiger partial charge in [0, 0.05) is 24.0 Å². The lowest BCUT2D eigenvalue weighted by molar-refractivity contribution is -0.139. The molecule has 1 saturated heterocycles. The third-order valence-electron chi connectivity index (χ3n) is 4.30. The topological polar surface area (TPSA) is 58.4 Å². The molecule has 1 N–H and O–H groups in total. The number of likely N-dealkylation sites (tertiary alicyclic amines) is 1. The van der Waals surface area contributed by atoms with Gasteiger partial charge >= 0.3 is 0 Å². The van der Waals surface area contributed by atoms with Crippen molar-refractivity contribution < 1.29 is 9.90 Å². The highest BCUT2D eigenvalue weighted by molar-refractivity contribution is 6.30. The van der Waals surface area contributed by atoms with Crippen LogP contribution in [0.1, 0.15) is 18.4 Å². The molecular formula is C17H20ClN3O2. The van der Waals surface area contributed by atoms with Crippen LogP contribution in [0.2, 0.25) is 5.02 Å². The van der Waals surface area contributed by atoms with Crippen molar-refractivity contribution in [3.05, 3.63) is 53.6 Å². The van der Waals surface area contributed by atoms with Gasteiger partial charge < -0.3 is 14.6 Å². The predicted octanol–water partition coefficient (Wildman–Crippen LogP) is 2.13. The van der Waals surface area contributed by atoms with Gasteiger partial charge in [-0.1, -0.05) is 23.7 Å². The van der Waals surface area contributed by atoms with Gasteiger partial charge in [-0.15, -0.1) is 0 Å². The highest BCUT2D eigenvalue weighted by atomic mass is 35.5. The van der Waals surface area contributed by atoms with E-state index in [2.05, 4.69) is 4.98 Å². The Hall–Kier alpha value is -1.85. The summed E-state index contributed by atoms with van der Waals surface area (Å²) in [6, 6.07) is 7.37. The second-order valence-corrected chi connectivity index (χ2v) is 6.37. The second kappa shape index (κ2) is 7.15. The Bertz CT molecular complexity index is 642. The summed E-state index contributed by atoms with van der Waals surface area (Å²) in [6.07, 6.45) is 6.75. The molecule has 2 atom stereocenters. The smallest absolute Gasteiger partial charge is 0.242 e. The molecule has 1 aromatic heterocycles. The number of benzene rings is 1. The van der Waals surface area contributed by atoms with Crippen molar-refractivity contribution in [2.75, 3.05) is 6.54 Å². The Morgan fingerprint density at radius 1 is 1.35 bits per heavy atom. The average molecular weight is 334 g/mol. The maximum atomic E-state index is 12.6. The fourth-order valence-electron chi connectivity index (χ4n) is 3.08. The number of aliphatic hydroxyl groups excluding tert-OH is 1. The minimum Gasteiger partial charge on any atom is -0.391 e. The zero-order chi connectivity index (χ0) is 16.2. The molecule has 2 aromatic rings. The number of aliphatic hydroxyl groups is 1. The Labute approximate surface area is 140 Å². The lowest BCUT2D eigenvalue weighted by Crippen LogP contribution is -2.52. The summed E-state index contributed by atoms with van der Waals surface area (Å²) in [5, 5.41) is 11.1. The summed E-state index contributed by atoms with van der Waals surface area (Å²) in [7, 11) is 0. The van der Waals surface area contributed by atoms with E-state index in [9.17, 15) is 9.90 Å². The first-order chi connectivity index (χ1) is 11.1. The highest BCUT2D eigenvalue weighted by Gasteiger charge is 2.33. The van der Waals surface area contributed by atoms with Crippen LogP contribution in [0.5, 0.6) is 0 Å². The maximum absolute atomic E-state index is 12.6. The molecular weight excluding hydrogens is 314 g/mol. The number of hydrogen-bond donors (Lipinski definition) is 1. The number of aromatic nitrogens is 2. The third-order valence-corrected chi connectivity index (χ3v) is 4.55. The number of carbonyl (C=O) groups excluding carboxylic acids is 1. The molecule has 6 heteroatoms. The fourth-order valence-corrected chi connectivity index (χ4v) is 3.21. The third kappa shape index (κ3) is 3.92. The van der Waals surface area contributed by atoms with Crippen molar-refractivity contribution in [2.24, 2.45) is 0 Å². The monoisotopic (exact) mass is 333 g/mol. The van der Waals surface area contributed by atoms with E-state index in [4.69, 9.17) is 11.6 Å². The van der Waals surface area contributed by atoms with E-state index in [0.29, 0.717) is 18.0 Å². The number of halogens is 1. The van der Waals surface area contributed by atoms with Crippen LogP contribution < -0.4 is 0 Å². The molecule has 1 aliphatic heterocycles. The van der Waals surface area contributed by atoms with Gasteiger partial charge in [-0.25, -0.2) is 4.98 Å². The van der Waals surface area contributed by atoms with Gasteiger partial charge in [0.25, 0.3) is 0 Å². The number of hydrogen-bond acceptors (Lipinski definition) is 3. The van der Waals surface area contributed by atoms with Gasteiger partial charge in [-0.05, 0) is 37.0 Å². The van der Waals surface area contributed by atoms with E-state index in [1.54, 1.807) is 23.3 Å². The second-order valence-electron chi connectivity index (χ2n) is 5.93. The average Bonchev–Trinajstić information content (AvgIpc) is 3.04. The molecule has 3 rings (SSSR count). The number of piperidine rings is 1. The summed E-state index contributed by atoms with van der Waals surface area (Å²) < 4.78 is 1.75. The molecule has 0 unspecified atom stereocenters. The van der Waals surface area contributed by atoms with E-state index in [1.807, 2.05) is 29.2 Å². The number of rotatable bonds is 4. The normalized spacial score (nSPS) is 21.4. The van der Waals surface area contributed by atoms with E-state index in [1.165, 1.54) is 0 Å². The number of amides is 1. The van der Waals surface area contributed by atoms with Crippen molar-refractivity contribution >= 4 is 17.5 Å². The first-order valence-corrected chi connectivity index (χ1v) is 8.19. The standard InChI is InChI=1S/C17H20ClN3O2/c18-14-5-3-13(4-6-14)10-15-16(22)2-1-8-21(15)17(23)11-20-9-7-19-12-20/h3-7,9,12,15-16,22H,1-2,8,10-11H2/t15-,16-/m0/s1. The maximum Gasteiger partial charge on any atom is 0.242 e. The van der Waals surface area contributed by atoms with Crippen LogP contribution >= 0.6 is 11.6 Å². The fraction of sp³-hybridized carbons (Fsp3) is 0.412. The zero-order valence-corrected chi connectivity index (χ0v) is 13.6. The molecule has 0 spiro atoms. The molecule has 1 amide bonds. The largest absolute Gasteiger partial charge is 0.391 e. The Balaban J connectivity index is 1.73. The van der Waals surface area contributed by atoms with Crippen LogP contribution in [-0.2, 0) is 17.8 Å². The molecule has 0 saturated carbocycles. The number of imidazole rings is 1. The predicted molar refractivity (Wildman–Crippen MR) is 88.1 cm³/mol. The zero-order valence-electron chi connectivity index (χ0n) is 12.8. The SMILES string of the molecule is O=C(Cn1ccnc1)N1CCC[C@H](O)[C@@H]1Cc1ccc(Cl)cc1. The number of carbonyl (C=O) groups is 1. The summed E-state index contributed by atoms with van der Waals surface area (Å²) in [6.45, 7) is 0.937. The first kappa shape index (κ1) is 16.0. The minimum atomic E-state index is -0.494. The van der Waals surface area contributed by atoms with Crippen LogP contribution in [0.3, 0.4) is 0 Å². The summed E-state index contributed by atoms with van der Waals surface area (Å²) in [4.78, 5) is 18.4. The van der Waals surface area contributed by atoms with Gasteiger partial charge in [0.2, 0.25) is 5.91 Å². The van der Waals surface area contributed by atoms with Gasteiger partial charge in [0.1, 0.15) is 6.54 Å². The van der Waals surface area contributed by atoms with Crippen molar-refractivity contribution in [3.8, 4) is 0 Å². The molecule has 0 bridgehead atoms.